The maximum Gasteiger partial charge on any atom is 0.116 e. The van der Waals surface area contributed by atoms with Crippen molar-refractivity contribution in [3.8, 4) is 11.3 Å². The molecule has 0 N–H and O–H groups in total. The van der Waals surface area contributed by atoms with Crippen LogP contribution in [-0.4, -0.2) is 9.97 Å². The highest BCUT2D eigenvalue weighted by molar-refractivity contribution is 7.17. The Labute approximate surface area is 139 Å². The quantitative estimate of drug-likeness (QED) is 0.457. The normalized spacial score (nSPS) is 11.7. The first kappa shape index (κ1) is 14.3. The van der Waals surface area contributed by atoms with E-state index >= 15 is 0 Å². The molecule has 23 heavy (non-hydrogen) atoms. The number of rotatable bonds is 2. The van der Waals surface area contributed by atoms with Crippen LogP contribution in [0.3, 0.4) is 0 Å². The minimum atomic E-state index is 0.476. The maximum absolute atomic E-state index is 4.62. The lowest BCUT2D eigenvalue weighted by Gasteiger charge is -2.09. The van der Waals surface area contributed by atoms with Crippen LogP contribution in [0.2, 0.25) is 0 Å². The first-order chi connectivity index (χ1) is 11.1. The number of aromatic nitrogens is 2. The minimum Gasteiger partial charge on any atom is -0.235 e. The van der Waals surface area contributed by atoms with Crippen LogP contribution in [0.5, 0.6) is 0 Å². The molecule has 4 rings (SSSR count). The van der Waals surface area contributed by atoms with Crippen LogP contribution in [0.1, 0.15) is 30.9 Å². The minimum absolute atomic E-state index is 0.476. The highest BCUT2D eigenvalue weighted by Crippen LogP contribution is 2.37. The van der Waals surface area contributed by atoms with E-state index in [4.69, 9.17) is 0 Å². The monoisotopic (exact) mass is 318 g/mol. The summed E-state index contributed by atoms with van der Waals surface area (Å²) in [7, 11) is 0. The second kappa shape index (κ2) is 5.43. The Morgan fingerprint density at radius 2 is 1.74 bits per heavy atom. The fourth-order valence-electron chi connectivity index (χ4n) is 3.08. The molecule has 2 heterocycles. The zero-order chi connectivity index (χ0) is 16.0. The zero-order valence-corrected chi connectivity index (χ0v) is 14.3. The molecule has 0 bridgehead atoms. The lowest BCUT2D eigenvalue weighted by Crippen LogP contribution is -1.92. The average Bonchev–Trinajstić information content (AvgIpc) is 2.98. The van der Waals surface area contributed by atoms with E-state index in [0.29, 0.717) is 5.92 Å². The average molecular weight is 318 g/mol. The third-order valence-corrected chi connectivity index (χ3v) is 5.35. The molecular formula is C20H18N2S. The number of hydrogen-bond donors (Lipinski definition) is 0. The first-order valence-electron chi connectivity index (χ1n) is 7.87. The molecule has 0 radical (unpaired) electrons. The molecule has 2 aromatic carbocycles. The molecule has 0 unspecified atom stereocenters. The van der Waals surface area contributed by atoms with Crippen molar-refractivity contribution in [3.05, 3.63) is 59.2 Å². The fourth-order valence-corrected chi connectivity index (χ4v) is 4.26. The van der Waals surface area contributed by atoms with Gasteiger partial charge in [0.05, 0.1) is 15.9 Å². The Kier molecular flexibility index (Phi) is 3.38. The van der Waals surface area contributed by atoms with Gasteiger partial charge in [-0.1, -0.05) is 44.2 Å². The van der Waals surface area contributed by atoms with Crippen LogP contribution in [0.15, 0.2) is 48.1 Å². The third-order valence-electron chi connectivity index (χ3n) is 4.35. The predicted octanol–water partition coefficient (Wildman–Crippen LogP) is 5.94. The Hall–Kier alpha value is -2.26. The first-order valence-corrected chi connectivity index (χ1v) is 8.75. The number of aryl methyl sites for hydroxylation is 1. The fraction of sp³-hybridized carbons (Fsp3) is 0.200. The Bertz CT molecular complexity index is 1010. The van der Waals surface area contributed by atoms with Gasteiger partial charge in [0.15, 0.2) is 0 Å². The Balaban J connectivity index is 2.01. The van der Waals surface area contributed by atoms with Crippen molar-refractivity contribution in [3.63, 3.8) is 0 Å². The summed E-state index contributed by atoms with van der Waals surface area (Å²) in [6.45, 7) is 6.59. The number of benzene rings is 2. The lowest BCUT2D eigenvalue weighted by molar-refractivity contribution is 0.876. The SMILES string of the molecule is Cc1cc2ccccc2cc1-c1ncnc2c(C(C)C)csc12. The van der Waals surface area contributed by atoms with Gasteiger partial charge in [-0.25, -0.2) is 9.97 Å². The summed E-state index contributed by atoms with van der Waals surface area (Å²) in [5.74, 6) is 0.476. The molecule has 0 atom stereocenters. The van der Waals surface area contributed by atoms with Gasteiger partial charge in [-0.15, -0.1) is 11.3 Å². The highest BCUT2D eigenvalue weighted by atomic mass is 32.1. The molecule has 0 aliphatic rings. The number of thiophene rings is 1. The lowest BCUT2D eigenvalue weighted by atomic mass is 9.98. The molecule has 0 saturated heterocycles. The van der Waals surface area contributed by atoms with Gasteiger partial charge in [0.1, 0.15) is 6.33 Å². The molecule has 4 aromatic rings. The number of fused-ring (bicyclic) bond motifs is 2. The molecule has 0 spiro atoms. The molecule has 0 fully saturated rings. The van der Waals surface area contributed by atoms with E-state index in [2.05, 4.69) is 72.5 Å². The Morgan fingerprint density at radius 3 is 2.48 bits per heavy atom. The summed E-state index contributed by atoms with van der Waals surface area (Å²) in [5, 5.41) is 4.75. The molecular weight excluding hydrogens is 300 g/mol. The van der Waals surface area contributed by atoms with Crippen molar-refractivity contribution in [1.29, 1.82) is 0 Å². The van der Waals surface area contributed by atoms with Gasteiger partial charge in [-0.3, -0.25) is 0 Å². The van der Waals surface area contributed by atoms with Crippen molar-refractivity contribution in [2.75, 3.05) is 0 Å². The van der Waals surface area contributed by atoms with Gasteiger partial charge in [0.25, 0.3) is 0 Å². The largest absolute Gasteiger partial charge is 0.235 e. The molecule has 114 valence electrons. The van der Waals surface area contributed by atoms with E-state index in [1.807, 2.05) is 0 Å². The van der Waals surface area contributed by atoms with E-state index < -0.39 is 0 Å². The summed E-state index contributed by atoms with van der Waals surface area (Å²) in [6.07, 6.45) is 1.70. The zero-order valence-electron chi connectivity index (χ0n) is 13.5. The summed E-state index contributed by atoms with van der Waals surface area (Å²) >= 11 is 1.75. The van der Waals surface area contributed by atoms with E-state index in [-0.39, 0.29) is 0 Å². The van der Waals surface area contributed by atoms with Crippen LogP contribution in [0.4, 0.5) is 0 Å². The van der Waals surface area contributed by atoms with Gasteiger partial charge in [0.2, 0.25) is 0 Å². The van der Waals surface area contributed by atoms with Gasteiger partial charge in [-0.2, -0.15) is 0 Å². The van der Waals surface area contributed by atoms with Crippen LogP contribution in [0.25, 0.3) is 32.2 Å². The summed E-state index contributed by atoms with van der Waals surface area (Å²) in [4.78, 5) is 9.16. The molecule has 2 aromatic heterocycles. The van der Waals surface area contributed by atoms with E-state index in [1.165, 1.54) is 32.2 Å². The highest BCUT2D eigenvalue weighted by Gasteiger charge is 2.15. The van der Waals surface area contributed by atoms with Gasteiger partial charge in [0, 0.05) is 5.56 Å². The number of hydrogen-bond acceptors (Lipinski definition) is 3. The number of nitrogens with zero attached hydrogens (tertiary/aromatic N) is 2. The Morgan fingerprint density at radius 1 is 1.00 bits per heavy atom. The third kappa shape index (κ3) is 2.32. The van der Waals surface area contributed by atoms with Crippen molar-refractivity contribution in [2.24, 2.45) is 0 Å². The van der Waals surface area contributed by atoms with Crippen LogP contribution in [-0.2, 0) is 0 Å². The van der Waals surface area contributed by atoms with Crippen molar-refractivity contribution in [1.82, 2.24) is 9.97 Å². The standard InChI is InChI=1S/C20H18N2S/c1-12(2)17-10-23-20-18(21-11-22-19(17)20)16-9-15-7-5-4-6-14(15)8-13(16)3/h4-12H,1-3H3. The van der Waals surface area contributed by atoms with Crippen molar-refractivity contribution in [2.45, 2.75) is 26.7 Å². The summed E-state index contributed by atoms with van der Waals surface area (Å²) in [5.41, 5.74) is 5.92. The smallest absolute Gasteiger partial charge is 0.116 e. The second-order valence-corrected chi connectivity index (χ2v) is 7.14. The predicted molar refractivity (Wildman–Crippen MR) is 99.2 cm³/mol. The molecule has 2 nitrogen and oxygen atoms in total. The maximum atomic E-state index is 4.62. The van der Waals surface area contributed by atoms with E-state index in [0.717, 1.165) is 11.2 Å². The molecule has 0 amide bonds. The summed E-state index contributed by atoms with van der Waals surface area (Å²) in [6, 6.07) is 13.0. The second-order valence-electron chi connectivity index (χ2n) is 6.26. The summed E-state index contributed by atoms with van der Waals surface area (Å²) < 4.78 is 1.19. The van der Waals surface area contributed by atoms with Gasteiger partial charge < -0.3 is 0 Å². The van der Waals surface area contributed by atoms with E-state index in [9.17, 15) is 0 Å². The van der Waals surface area contributed by atoms with Crippen LogP contribution < -0.4 is 0 Å². The van der Waals surface area contributed by atoms with Crippen LogP contribution >= 0.6 is 11.3 Å². The van der Waals surface area contributed by atoms with Crippen molar-refractivity contribution >= 4 is 32.3 Å². The van der Waals surface area contributed by atoms with E-state index in [1.54, 1.807) is 17.7 Å². The molecule has 0 aliphatic carbocycles. The molecule has 3 heteroatoms. The van der Waals surface area contributed by atoms with Crippen molar-refractivity contribution < 1.29 is 0 Å². The van der Waals surface area contributed by atoms with Gasteiger partial charge >= 0.3 is 0 Å². The molecule has 0 saturated carbocycles. The molecule has 0 aliphatic heterocycles. The van der Waals surface area contributed by atoms with Crippen LogP contribution in [0, 0.1) is 6.92 Å². The van der Waals surface area contributed by atoms with Gasteiger partial charge in [-0.05, 0) is 46.2 Å². The topological polar surface area (TPSA) is 25.8 Å².